The lowest BCUT2D eigenvalue weighted by atomic mass is 9.78. The lowest BCUT2D eigenvalue weighted by molar-refractivity contribution is -0.151. The quantitative estimate of drug-likeness (QED) is 0.762. The maximum Gasteiger partial charge on any atom is 0.253 e. The highest BCUT2D eigenvalue weighted by Gasteiger charge is 2.51. The van der Waals surface area contributed by atoms with Gasteiger partial charge in [0.05, 0.1) is 24.2 Å². The van der Waals surface area contributed by atoms with Gasteiger partial charge in [-0.3, -0.25) is 9.59 Å². The van der Waals surface area contributed by atoms with E-state index < -0.39 is 0 Å². The average Bonchev–Trinajstić information content (AvgIpc) is 3.45. The van der Waals surface area contributed by atoms with Gasteiger partial charge in [-0.05, 0) is 25.7 Å². The van der Waals surface area contributed by atoms with Crippen molar-refractivity contribution in [2.75, 3.05) is 39.3 Å². The van der Waals surface area contributed by atoms with Crippen LogP contribution in [0.3, 0.4) is 0 Å². The first kappa shape index (κ1) is 17.2. The highest BCUT2D eigenvalue weighted by Crippen LogP contribution is 2.45. The molecule has 4 aliphatic rings. The highest BCUT2D eigenvalue weighted by molar-refractivity contribution is 5.83. The number of hydrogen-bond donors (Lipinski definition) is 2. The number of aromatic nitrogens is 2. The van der Waals surface area contributed by atoms with E-state index in [1.54, 1.807) is 6.33 Å². The molecule has 2 amide bonds. The van der Waals surface area contributed by atoms with E-state index in [4.69, 9.17) is 4.74 Å². The number of aromatic amines is 1. The minimum Gasteiger partial charge on any atom is -0.366 e. The lowest BCUT2D eigenvalue weighted by Crippen LogP contribution is -2.60. The number of rotatable bonds is 2. The molecule has 8 nitrogen and oxygen atoms in total. The Kier molecular flexibility index (Phi) is 4.20. The molecule has 146 valence electrons. The summed E-state index contributed by atoms with van der Waals surface area (Å²) in [5.74, 6) is 0.544. The number of likely N-dealkylation sites (tertiary alicyclic amines) is 1. The van der Waals surface area contributed by atoms with Crippen LogP contribution >= 0.6 is 0 Å². The summed E-state index contributed by atoms with van der Waals surface area (Å²) in [5.41, 5.74) is 1.80. The van der Waals surface area contributed by atoms with Gasteiger partial charge in [0, 0.05) is 50.8 Å². The molecule has 0 radical (unpaired) electrons. The molecule has 4 heterocycles. The molecular weight excluding hydrogens is 346 g/mol. The molecule has 0 aromatic carbocycles. The summed E-state index contributed by atoms with van der Waals surface area (Å²) in [4.78, 5) is 37.7. The number of H-pyrrole nitrogens is 1. The van der Waals surface area contributed by atoms with Crippen LogP contribution in [0.4, 0.5) is 0 Å². The Balaban J connectivity index is 1.36. The first-order chi connectivity index (χ1) is 13.2. The minimum absolute atomic E-state index is 0.0650. The Bertz CT molecular complexity index is 729. The van der Waals surface area contributed by atoms with Crippen LogP contribution in [0.15, 0.2) is 6.33 Å². The summed E-state index contributed by atoms with van der Waals surface area (Å²) in [5, 5.41) is 3.22. The topological polar surface area (TPSA) is 90.6 Å². The Hall–Kier alpha value is -1.93. The molecule has 0 bridgehead atoms. The Morgan fingerprint density at radius 3 is 2.70 bits per heavy atom. The number of amides is 2. The van der Waals surface area contributed by atoms with Crippen LogP contribution in [0.2, 0.25) is 0 Å². The first-order valence-corrected chi connectivity index (χ1v) is 10.1. The number of nitrogens with zero attached hydrogens (tertiary/aromatic N) is 3. The first-order valence-electron chi connectivity index (χ1n) is 10.1. The van der Waals surface area contributed by atoms with Crippen molar-refractivity contribution < 1.29 is 14.3 Å². The molecule has 3 fully saturated rings. The van der Waals surface area contributed by atoms with Crippen molar-refractivity contribution in [2.24, 2.45) is 5.92 Å². The largest absolute Gasteiger partial charge is 0.366 e. The number of fused-ring (bicyclic) bond motifs is 2. The number of carbonyl (C=O) groups excluding carboxylic acids is 2. The number of hydrogen-bond acceptors (Lipinski definition) is 5. The van der Waals surface area contributed by atoms with E-state index in [9.17, 15) is 9.59 Å². The van der Waals surface area contributed by atoms with Gasteiger partial charge < -0.3 is 24.8 Å². The van der Waals surface area contributed by atoms with E-state index in [1.807, 2.05) is 4.90 Å². The summed E-state index contributed by atoms with van der Waals surface area (Å²) < 4.78 is 5.64. The SMILES string of the molecule is O=C([C@H]1CNCCO1)N1CCC2(CC1)c1nc[nH]c1CCN2C(=O)C1CC1. The third kappa shape index (κ3) is 2.86. The van der Waals surface area contributed by atoms with Crippen LogP contribution < -0.4 is 5.32 Å². The Morgan fingerprint density at radius 2 is 2.00 bits per heavy atom. The molecule has 2 N–H and O–H groups in total. The number of ether oxygens (including phenoxy) is 1. The standard InChI is InChI=1S/C19H27N5O3/c25-17(13-1-2-13)24-7-3-14-16(22-12-21-14)19(24)4-8-23(9-5-19)18(26)15-11-20-6-10-27-15/h12-13,15,20H,1-11H2,(H,21,22)/t15-/m1/s1. The van der Waals surface area contributed by atoms with Crippen LogP contribution in [0, 0.1) is 5.92 Å². The molecule has 3 aliphatic heterocycles. The van der Waals surface area contributed by atoms with Crippen molar-refractivity contribution in [3.8, 4) is 0 Å². The zero-order valence-corrected chi connectivity index (χ0v) is 15.6. The van der Waals surface area contributed by atoms with Crippen LogP contribution in [0.1, 0.15) is 37.1 Å². The third-order valence-electron chi connectivity index (χ3n) is 6.56. The van der Waals surface area contributed by atoms with Crippen molar-refractivity contribution in [1.82, 2.24) is 25.1 Å². The second-order valence-corrected chi connectivity index (χ2v) is 8.16. The van der Waals surface area contributed by atoms with Gasteiger partial charge in [-0.2, -0.15) is 0 Å². The number of carbonyl (C=O) groups is 2. The summed E-state index contributed by atoms with van der Waals surface area (Å²) in [6.07, 6.45) is 5.70. The summed E-state index contributed by atoms with van der Waals surface area (Å²) in [7, 11) is 0. The maximum atomic E-state index is 13.0. The molecule has 1 aromatic heterocycles. The van der Waals surface area contributed by atoms with Crippen LogP contribution in [-0.2, 0) is 26.3 Å². The average molecular weight is 373 g/mol. The molecular formula is C19H27N5O3. The molecule has 1 spiro atoms. The van der Waals surface area contributed by atoms with Crippen molar-refractivity contribution in [3.63, 3.8) is 0 Å². The van der Waals surface area contributed by atoms with Crippen LogP contribution in [0.25, 0.3) is 0 Å². The molecule has 1 aliphatic carbocycles. The van der Waals surface area contributed by atoms with Crippen molar-refractivity contribution in [3.05, 3.63) is 17.7 Å². The van der Waals surface area contributed by atoms with E-state index >= 15 is 0 Å². The summed E-state index contributed by atoms with van der Waals surface area (Å²) >= 11 is 0. The van der Waals surface area contributed by atoms with Crippen molar-refractivity contribution in [1.29, 1.82) is 0 Å². The molecule has 1 aromatic rings. The normalized spacial score (nSPS) is 27.5. The minimum atomic E-state index is -0.385. The number of piperidine rings is 1. The van der Waals surface area contributed by atoms with Gasteiger partial charge in [-0.25, -0.2) is 4.98 Å². The smallest absolute Gasteiger partial charge is 0.253 e. The lowest BCUT2D eigenvalue weighted by Gasteiger charge is -2.51. The highest BCUT2D eigenvalue weighted by atomic mass is 16.5. The maximum absolute atomic E-state index is 13.0. The second kappa shape index (κ2) is 6.60. The third-order valence-corrected chi connectivity index (χ3v) is 6.56. The van der Waals surface area contributed by atoms with E-state index in [-0.39, 0.29) is 29.4 Å². The van der Waals surface area contributed by atoms with Gasteiger partial charge in [-0.1, -0.05) is 0 Å². The van der Waals surface area contributed by atoms with Crippen molar-refractivity contribution in [2.45, 2.75) is 43.7 Å². The number of imidazole rings is 1. The summed E-state index contributed by atoms with van der Waals surface area (Å²) in [6.45, 7) is 3.98. The molecule has 1 atom stereocenters. The predicted molar refractivity (Wildman–Crippen MR) is 96.8 cm³/mol. The molecule has 0 unspecified atom stereocenters. The van der Waals surface area contributed by atoms with Gasteiger partial charge in [0.25, 0.3) is 5.91 Å². The Morgan fingerprint density at radius 1 is 1.19 bits per heavy atom. The number of morpholine rings is 1. The molecule has 27 heavy (non-hydrogen) atoms. The molecule has 5 rings (SSSR count). The van der Waals surface area contributed by atoms with E-state index in [0.29, 0.717) is 26.2 Å². The van der Waals surface area contributed by atoms with Gasteiger partial charge in [0.1, 0.15) is 6.10 Å². The Labute approximate surface area is 158 Å². The fourth-order valence-electron chi connectivity index (χ4n) is 4.88. The van der Waals surface area contributed by atoms with Gasteiger partial charge >= 0.3 is 0 Å². The summed E-state index contributed by atoms with van der Waals surface area (Å²) in [6, 6.07) is 0. The zero-order valence-electron chi connectivity index (χ0n) is 15.6. The van der Waals surface area contributed by atoms with Gasteiger partial charge in [0.2, 0.25) is 5.91 Å². The fourth-order valence-corrected chi connectivity index (χ4v) is 4.88. The van der Waals surface area contributed by atoms with Crippen LogP contribution in [0.5, 0.6) is 0 Å². The monoisotopic (exact) mass is 373 g/mol. The van der Waals surface area contributed by atoms with E-state index in [0.717, 1.165) is 56.6 Å². The van der Waals surface area contributed by atoms with Gasteiger partial charge in [0.15, 0.2) is 0 Å². The number of nitrogens with one attached hydrogen (secondary N) is 2. The molecule has 1 saturated carbocycles. The fraction of sp³-hybridized carbons (Fsp3) is 0.737. The second-order valence-electron chi connectivity index (χ2n) is 8.16. The van der Waals surface area contributed by atoms with E-state index in [1.165, 1.54) is 0 Å². The van der Waals surface area contributed by atoms with Crippen molar-refractivity contribution >= 4 is 11.8 Å². The van der Waals surface area contributed by atoms with Gasteiger partial charge in [-0.15, -0.1) is 0 Å². The molecule has 2 saturated heterocycles. The van der Waals surface area contributed by atoms with E-state index in [2.05, 4.69) is 20.2 Å². The van der Waals surface area contributed by atoms with Crippen LogP contribution in [-0.4, -0.2) is 77.0 Å². The molecule has 8 heteroatoms. The predicted octanol–water partition coefficient (Wildman–Crippen LogP) is 0.0105. The zero-order chi connectivity index (χ0) is 18.4.